The first-order valence-electron chi connectivity index (χ1n) is 7.77. The SMILES string of the molecule is CCCN1CCCC(C(C)NCCc2ccco2)C1. The van der Waals surface area contributed by atoms with Gasteiger partial charge in [-0.05, 0) is 57.3 Å². The molecule has 1 aromatic heterocycles. The van der Waals surface area contributed by atoms with Crippen LogP contribution in [0.1, 0.15) is 38.9 Å². The monoisotopic (exact) mass is 264 g/mol. The van der Waals surface area contributed by atoms with Gasteiger partial charge in [0.15, 0.2) is 0 Å². The Morgan fingerprint density at radius 1 is 1.53 bits per heavy atom. The smallest absolute Gasteiger partial charge is 0.105 e. The predicted octanol–water partition coefficient (Wildman–Crippen LogP) is 2.92. The van der Waals surface area contributed by atoms with E-state index in [2.05, 4.69) is 30.1 Å². The molecule has 1 N–H and O–H groups in total. The minimum absolute atomic E-state index is 0.606. The molecular formula is C16H28N2O. The summed E-state index contributed by atoms with van der Waals surface area (Å²) in [4.78, 5) is 2.62. The summed E-state index contributed by atoms with van der Waals surface area (Å²) in [7, 11) is 0. The minimum Gasteiger partial charge on any atom is -0.469 e. The number of hydrogen-bond acceptors (Lipinski definition) is 3. The van der Waals surface area contributed by atoms with Crippen LogP contribution in [-0.4, -0.2) is 37.1 Å². The van der Waals surface area contributed by atoms with E-state index in [9.17, 15) is 0 Å². The van der Waals surface area contributed by atoms with Gasteiger partial charge in [-0.15, -0.1) is 0 Å². The average molecular weight is 264 g/mol. The van der Waals surface area contributed by atoms with Crippen molar-refractivity contribution < 1.29 is 4.42 Å². The second-order valence-corrected chi connectivity index (χ2v) is 5.78. The van der Waals surface area contributed by atoms with Gasteiger partial charge in [-0.3, -0.25) is 0 Å². The van der Waals surface area contributed by atoms with Gasteiger partial charge in [0.2, 0.25) is 0 Å². The zero-order chi connectivity index (χ0) is 13.5. The van der Waals surface area contributed by atoms with Crippen molar-refractivity contribution in [3.05, 3.63) is 24.2 Å². The van der Waals surface area contributed by atoms with E-state index in [4.69, 9.17) is 4.42 Å². The minimum atomic E-state index is 0.606. The summed E-state index contributed by atoms with van der Waals surface area (Å²) in [6, 6.07) is 4.62. The maximum absolute atomic E-state index is 5.36. The Labute approximate surface area is 117 Å². The summed E-state index contributed by atoms with van der Waals surface area (Å²) >= 11 is 0. The molecule has 0 bridgehead atoms. The zero-order valence-electron chi connectivity index (χ0n) is 12.4. The van der Waals surface area contributed by atoms with Crippen LogP contribution in [0.5, 0.6) is 0 Å². The number of hydrogen-bond donors (Lipinski definition) is 1. The molecule has 0 amide bonds. The Morgan fingerprint density at radius 2 is 2.42 bits per heavy atom. The van der Waals surface area contributed by atoms with Crippen LogP contribution in [0, 0.1) is 5.92 Å². The number of piperidine rings is 1. The molecule has 0 aliphatic carbocycles. The Kier molecular flexibility index (Phi) is 5.93. The van der Waals surface area contributed by atoms with Crippen LogP contribution < -0.4 is 5.32 Å². The molecule has 2 rings (SSSR count). The van der Waals surface area contributed by atoms with Gasteiger partial charge in [0.1, 0.15) is 5.76 Å². The lowest BCUT2D eigenvalue weighted by atomic mass is 9.91. The number of likely N-dealkylation sites (tertiary alicyclic amines) is 1. The summed E-state index contributed by atoms with van der Waals surface area (Å²) in [6.45, 7) is 9.44. The maximum atomic E-state index is 5.36. The molecule has 3 heteroatoms. The van der Waals surface area contributed by atoms with Crippen molar-refractivity contribution in [2.45, 2.75) is 45.6 Å². The van der Waals surface area contributed by atoms with Gasteiger partial charge in [-0.2, -0.15) is 0 Å². The second-order valence-electron chi connectivity index (χ2n) is 5.78. The van der Waals surface area contributed by atoms with Crippen LogP contribution in [0.2, 0.25) is 0 Å². The van der Waals surface area contributed by atoms with E-state index < -0.39 is 0 Å². The number of rotatable bonds is 7. The van der Waals surface area contributed by atoms with Gasteiger partial charge in [-0.25, -0.2) is 0 Å². The Bertz CT molecular complexity index is 335. The van der Waals surface area contributed by atoms with Crippen LogP contribution in [0.15, 0.2) is 22.8 Å². The number of nitrogens with zero attached hydrogens (tertiary/aromatic N) is 1. The fraction of sp³-hybridized carbons (Fsp3) is 0.750. The first kappa shape index (κ1) is 14.6. The molecule has 19 heavy (non-hydrogen) atoms. The lowest BCUT2D eigenvalue weighted by Gasteiger charge is -2.36. The summed E-state index contributed by atoms with van der Waals surface area (Å²) in [5.74, 6) is 1.88. The largest absolute Gasteiger partial charge is 0.469 e. The first-order chi connectivity index (χ1) is 9.29. The molecule has 0 spiro atoms. The summed E-state index contributed by atoms with van der Waals surface area (Å²) in [5.41, 5.74) is 0. The molecule has 0 saturated carbocycles. The lowest BCUT2D eigenvalue weighted by molar-refractivity contribution is 0.151. The van der Waals surface area contributed by atoms with Crippen molar-refractivity contribution in [3.63, 3.8) is 0 Å². The molecule has 0 radical (unpaired) electrons. The average Bonchev–Trinajstić information content (AvgIpc) is 2.92. The van der Waals surface area contributed by atoms with E-state index in [1.165, 1.54) is 38.9 Å². The summed E-state index contributed by atoms with van der Waals surface area (Å²) < 4.78 is 5.36. The van der Waals surface area contributed by atoms with Crippen molar-refractivity contribution in [3.8, 4) is 0 Å². The molecule has 2 unspecified atom stereocenters. The van der Waals surface area contributed by atoms with Gasteiger partial charge >= 0.3 is 0 Å². The molecule has 3 nitrogen and oxygen atoms in total. The van der Waals surface area contributed by atoms with Gasteiger partial charge < -0.3 is 14.6 Å². The standard InChI is InChI=1S/C16H28N2O/c1-3-10-18-11-4-6-15(13-18)14(2)17-9-8-16-7-5-12-19-16/h5,7,12,14-15,17H,3-4,6,8-11,13H2,1-2H3. The van der Waals surface area contributed by atoms with Gasteiger partial charge in [-0.1, -0.05) is 6.92 Å². The molecule has 108 valence electrons. The third-order valence-electron chi connectivity index (χ3n) is 4.21. The van der Waals surface area contributed by atoms with Crippen LogP contribution in [-0.2, 0) is 6.42 Å². The normalized spacial score (nSPS) is 22.5. The van der Waals surface area contributed by atoms with E-state index in [-0.39, 0.29) is 0 Å². The van der Waals surface area contributed by atoms with Gasteiger partial charge in [0.25, 0.3) is 0 Å². The van der Waals surface area contributed by atoms with Gasteiger partial charge in [0.05, 0.1) is 6.26 Å². The fourth-order valence-electron chi connectivity index (χ4n) is 3.06. The second kappa shape index (κ2) is 7.71. The van der Waals surface area contributed by atoms with Crippen molar-refractivity contribution in [1.82, 2.24) is 10.2 Å². The third kappa shape index (κ3) is 4.66. The first-order valence-corrected chi connectivity index (χ1v) is 7.77. The number of nitrogens with one attached hydrogen (secondary N) is 1. The van der Waals surface area contributed by atoms with Gasteiger partial charge in [0, 0.05) is 25.6 Å². The third-order valence-corrected chi connectivity index (χ3v) is 4.21. The van der Waals surface area contributed by atoms with Crippen LogP contribution in [0.25, 0.3) is 0 Å². The van der Waals surface area contributed by atoms with Crippen molar-refractivity contribution in [2.75, 3.05) is 26.2 Å². The molecule has 1 aromatic rings. The maximum Gasteiger partial charge on any atom is 0.105 e. The Hall–Kier alpha value is -0.800. The molecule has 1 fully saturated rings. The van der Waals surface area contributed by atoms with E-state index in [0.29, 0.717) is 6.04 Å². The van der Waals surface area contributed by atoms with E-state index in [1.807, 2.05) is 6.07 Å². The Balaban J connectivity index is 1.68. The topological polar surface area (TPSA) is 28.4 Å². The van der Waals surface area contributed by atoms with Crippen molar-refractivity contribution in [1.29, 1.82) is 0 Å². The predicted molar refractivity (Wildman–Crippen MR) is 79.3 cm³/mol. The molecule has 2 heterocycles. The summed E-state index contributed by atoms with van der Waals surface area (Å²) in [6.07, 6.45) is 6.74. The van der Waals surface area contributed by atoms with Crippen molar-refractivity contribution in [2.24, 2.45) is 5.92 Å². The molecular weight excluding hydrogens is 236 g/mol. The van der Waals surface area contributed by atoms with Crippen LogP contribution in [0.3, 0.4) is 0 Å². The molecule has 1 saturated heterocycles. The highest BCUT2D eigenvalue weighted by atomic mass is 16.3. The molecule has 1 aliphatic heterocycles. The van der Waals surface area contributed by atoms with Crippen LogP contribution in [0.4, 0.5) is 0 Å². The van der Waals surface area contributed by atoms with Crippen molar-refractivity contribution >= 4 is 0 Å². The van der Waals surface area contributed by atoms with Crippen LogP contribution >= 0.6 is 0 Å². The van der Waals surface area contributed by atoms with E-state index >= 15 is 0 Å². The number of furan rings is 1. The lowest BCUT2D eigenvalue weighted by Crippen LogP contribution is -2.45. The highest BCUT2D eigenvalue weighted by Crippen LogP contribution is 2.19. The quantitative estimate of drug-likeness (QED) is 0.821. The highest BCUT2D eigenvalue weighted by molar-refractivity contribution is 4.98. The Morgan fingerprint density at radius 3 is 3.16 bits per heavy atom. The van der Waals surface area contributed by atoms with E-state index in [0.717, 1.165) is 24.6 Å². The molecule has 1 aliphatic rings. The van der Waals surface area contributed by atoms with E-state index in [1.54, 1.807) is 6.26 Å². The zero-order valence-corrected chi connectivity index (χ0v) is 12.4. The fourth-order valence-corrected chi connectivity index (χ4v) is 3.06. The molecule has 2 atom stereocenters. The molecule has 0 aromatic carbocycles. The highest BCUT2D eigenvalue weighted by Gasteiger charge is 2.23. The summed E-state index contributed by atoms with van der Waals surface area (Å²) in [5, 5.41) is 3.67.